The summed E-state index contributed by atoms with van der Waals surface area (Å²) in [6.45, 7) is 3.14. The Morgan fingerprint density at radius 3 is 2.90 bits per heavy atom. The van der Waals surface area contributed by atoms with Crippen molar-refractivity contribution in [3.05, 3.63) is 21.8 Å². The smallest absolute Gasteiger partial charge is 0.228 e. The Morgan fingerprint density at radius 2 is 2.24 bits per heavy atom. The highest BCUT2D eigenvalue weighted by molar-refractivity contribution is 9.11. The molecule has 0 spiro atoms. The zero-order chi connectivity index (χ0) is 14.7. The fourth-order valence-corrected chi connectivity index (χ4v) is 4.40. The maximum absolute atomic E-state index is 5.45. The van der Waals surface area contributed by atoms with Crippen molar-refractivity contribution in [1.82, 2.24) is 15.5 Å². The Bertz CT molecular complexity index is 577. The van der Waals surface area contributed by atoms with Crippen LogP contribution in [-0.4, -0.2) is 22.7 Å². The van der Waals surface area contributed by atoms with Crippen LogP contribution in [0.5, 0.6) is 0 Å². The summed E-state index contributed by atoms with van der Waals surface area (Å²) in [4.78, 5) is 5.60. The minimum absolute atomic E-state index is 0.459. The molecule has 0 saturated heterocycles. The van der Waals surface area contributed by atoms with E-state index in [1.165, 1.54) is 25.7 Å². The quantitative estimate of drug-likeness (QED) is 0.825. The highest BCUT2D eigenvalue weighted by Gasteiger charge is 2.26. The van der Waals surface area contributed by atoms with Crippen LogP contribution in [0.15, 0.2) is 20.4 Å². The normalized spacial score (nSPS) is 17.4. The van der Waals surface area contributed by atoms with E-state index in [0.29, 0.717) is 11.9 Å². The summed E-state index contributed by atoms with van der Waals surface area (Å²) in [5.74, 6) is 2.19. The third-order valence-electron chi connectivity index (χ3n) is 4.09. The molecule has 0 amide bonds. The molecule has 6 heteroatoms. The van der Waals surface area contributed by atoms with Gasteiger partial charge in [0.05, 0.1) is 8.66 Å². The average Bonchev–Trinajstić information content (AvgIpc) is 3.18. The molecule has 114 valence electrons. The van der Waals surface area contributed by atoms with Crippen LogP contribution in [0.2, 0.25) is 0 Å². The van der Waals surface area contributed by atoms with Crippen LogP contribution in [0.25, 0.3) is 10.7 Å². The van der Waals surface area contributed by atoms with E-state index < -0.39 is 0 Å². The van der Waals surface area contributed by atoms with Crippen molar-refractivity contribution in [2.24, 2.45) is 5.92 Å². The van der Waals surface area contributed by atoms with E-state index in [2.05, 4.69) is 38.3 Å². The molecule has 1 aliphatic rings. The molecule has 1 aliphatic carbocycles. The van der Waals surface area contributed by atoms with Gasteiger partial charge in [-0.3, -0.25) is 0 Å². The average molecular weight is 370 g/mol. The van der Waals surface area contributed by atoms with Gasteiger partial charge in [0, 0.05) is 12.5 Å². The number of rotatable bonds is 6. The molecule has 1 N–H and O–H groups in total. The van der Waals surface area contributed by atoms with Gasteiger partial charge in [-0.15, -0.1) is 11.3 Å². The van der Waals surface area contributed by atoms with Gasteiger partial charge in [0.25, 0.3) is 0 Å². The van der Waals surface area contributed by atoms with Crippen LogP contribution in [-0.2, 0) is 6.42 Å². The Hall–Kier alpha value is -0.720. The van der Waals surface area contributed by atoms with Crippen molar-refractivity contribution < 1.29 is 4.52 Å². The van der Waals surface area contributed by atoms with Crippen LogP contribution < -0.4 is 5.32 Å². The van der Waals surface area contributed by atoms with Crippen molar-refractivity contribution in [3.8, 4) is 10.7 Å². The molecule has 4 nitrogen and oxygen atoms in total. The molecular formula is C15H20BrN3OS. The first-order valence-electron chi connectivity index (χ1n) is 7.58. The maximum atomic E-state index is 5.45. The first-order valence-corrected chi connectivity index (χ1v) is 9.19. The van der Waals surface area contributed by atoms with Gasteiger partial charge < -0.3 is 9.84 Å². The van der Waals surface area contributed by atoms with Crippen molar-refractivity contribution >= 4 is 27.3 Å². The minimum atomic E-state index is 0.459. The van der Waals surface area contributed by atoms with E-state index in [1.807, 2.05) is 12.1 Å². The molecule has 2 aromatic heterocycles. The lowest BCUT2D eigenvalue weighted by molar-refractivity contribution is 0.311. The third kappa shape index (κ3) is 3.73. The standard InChI is InChI=1S/C15H20BrN3OS/c1-2-17-11(10-5-3-4-6-10)9-14-18-15(19-20-14)12-7-8-13(16)21-12/h7-8,10-11,17H,2-6,9H2,1H3. The van der Waals surface area contributed by atoms with E-state index in [0.717, 1.165) is 33.4 Å². The molecule has 1 saturated carbocycles. The lowest BCUT2D eigenvalue weighted by Crippen LogP contribution is -2.37. The zero-order valence-electron chi connectivity index (χ0n) is 12.1. The molecule has 21 heavy (non-hydrogen) atoms. The molecule has 1 atom stereocenters. The van der Waals surface area contributed by atoms with Gasteiger partial charge in [-0.25, -0.2) is 0 Å². The second kappa shape index (κ2) is 7.03. The van der Waals surface area contributed by atoms with Gasteiger partial charge in [-0.1, -0.05) is 24.9 Å². The predicted molar refractivity (Wildman–Crippen MR) is 88.4 cm³/mol. The van der Waals surface area contributed by atoms with E-state index in [1.54, 1.807) is 11.3 Å². The molecule has 1 fully saturated rings. The Labute approximate surface area is 137 Å². The molecule has 0 aliphatic heterocycles. The minimum Gasteiger partial charge on any atom is -0.339 e. The van der Waals surface area contributed by atoms with Gasteiger partial charge >= 0.3 is 0 Å². The SMILES string of the molecule is CCNC(Cc1nc(-c2ccc(Br)s2)no1)C1CCCC1. The fraction of sp³-hybridized carbons (Fsp3) is 0.600. The van der Waals surface area contributed by atoms with Crippen LogP contribution in [0.3, 0.4) is 0 Å². The van der Waals surface area contributed by atoms with Gasteiger partial charge in [0.1, 0.15) is 0 Å². The number of hydrogen-bond acceptors (Lipinski definition) is 5. The predicted octanol–water partition coefficient (Wildman–Crippen LogP) is 4.27. The summed E-state index contributed by atoms with van der Waals surface area (Å²) in [5, 5.41) is 7.71. The molecule has 1 unspecified atom stereocenters. The van der Waals surface area contributed by atoms with Crippen molar-refractivity contribution in [2.75, 3.05) is 6.54 Å². The third-order valence-corrected chi connectivity index (χ3v) is 5.71. The fourth-order valence-electron chi connectivity index (χ4n) is 3.09. The highest BCUT2D eigenvalue weighted by Crippen LogP contribution is 2.31. The van der Waals surface area contributed by atoms with Gasteiger partial charge in [0.15, 0.2) is 0 Å². The van der Waals surface area contributed by atoms with Crippen LogP contribution >= 0.6 is 27.3 Å². The lowest BCUT2D eigenvalue weighted by atomic mass is 9.95. The number of thiophene rings is 1. The Morgan fingerprint density at radius 1 is 1.43 bits per heavy atom. The summed E-state index contributed by atoms with van der Waals surface area (Å²) >= 11 is 5.09. The molecule has 3 rings (SSSR count). The first-order chi connectivity index (χ1) is 10.3. The monoisotopic (exact) mass is 369 g/mol. The topological polar surface area (TPSA) is 51.0 Å². The number of hydrogen-bond donors (Lipinski definition) is 1. The Balaban J connectivity index is 1.69. The molecule has 0 bridgehead atoms. The summed E-state index contributed by atoms with van der Waals surface area (Å²) < 4.78 is 6.54. The summed E-state index contributed by atoms with van der Waals surface area (Å²) in [7, 11) is 0. The summed E-state index contributed by atoms with van der Waals surface area (Å²) in [6.07, 6.45) is 6.17. The lowest BCUT2D eigenvalue weighted by Gasteiger charge is -2.22. The van der Waals surface area contributed by atoms with Crippen molar-refractivity contribution in [2.45, 2.75) is 45.1 Å². The summed E-state index contributed by atoms with van der Waals surface area (Å²) in [6, 6.07) is 4.49. The number of aromatic nitrogens is 2. The van der Waals surface area contributed by atoms with Crippen LogP contribution in [0.4, 0.5) is 0 Å². The molecule has 2 aromatic rings. The first kappa shape index (κ1) is 15.2. The second-order valence-electron chi connectivity index (χ2n) is 5.53. The molecular weight excluding hydrogens is 350 g/mol. The number of likely N-dealkylation sites (N-methyl/N-ethyl adjacent to an activating group) is 1. The van der Waals surface area contributed by atoms with Crippen LogP contribution in [0.1, 0.15) is 38.5 Å². The zero-order valence-corrected chi connectivity index (χ0v) is 14.5. The second-order valence-corrected chi connectivity index (χ2v) is 7.99. The van der Waals surface area contributed by atoms with Crippen LogP contribution in [0, 0.1) is 5.92 Å². The van der Waals surface area contributed by atoms with Gasteiger partial charge in [-0.2, -0.15) is 4.98 Å². The number of nitrogens with zero attached hydrogens (tertiary/aromatic N) is 2. The molecule has 0 aromatic carbocycles. The molecule has 2 heterocycles. The van der Waals surface area contributed by atoms with Crippen molar-refractivity contribution in [3.63, 3.8) is 0 Å². The molecule has 0 radical (unpaired) electrons. The van der Waals surface area contributed by atoms with E-state index in [9.17, 15) is 0 Å². The van der Waals surface area contributed by atoms with E-state index in [4.69, 9.17) is 4.52 Å². The maximum Gasteiger partial charge on any atom is 0.228 e. The number of nitrogens with one attached hydrogen (secondary N) is 1. The van der Waals surface area contributed by atoms with Gasteiger partial charge in [0.2, 0.25) is 11.7 Å². The van der Waals surface area contributed by atoms with E-state index >= 15 is 0 Å². The van der Waals surface area contributed by atoms with E-state index in [-0.39, 0.29) is 0 Å². The van der Waals surface area contributed by atoms with Gasteiger partial charge in [-0.05, 0) is 53.4 Å². The van der Waals surface area contributed by atoms with Crippen molar-refractivity contribution in [1.29, 1.82) is 0 Å². The Kier molecular flexibility index (Phi) is 5.08. The summed E-state index contributed by atoms with van der Waals surface area (Å²) in [5.41, 5.74) is 0. The number of halogens is 1. The highest BCUT2D eigenvalue weighted by atomic mass is 79.9. The largest absolute Gasteiger partial charge is 0.339 e.